The van der Waals surface area contributed by atoms with Crippen LogP contribution in [0.25, 0.3) is 21.9 Å². The van der Waals surface area contributed by atoms with Crippen molar-refractivity contribution in [1.82, 2.24) is 38.7 Å². The molecule has 218 valence electrons. The molecule has 6 rings (SSSR count). The molecule has 4 heterocycles. The Labute approximate surface area is 241 Å². The van der Waals surface area contributed by atoms with Gasteiger partial charge in [-0.2, -0.15) is 10.2 Å². The average Bonchev–Trinajstić information content (AvgIpc) is 3.79. The molecule has 0 aliphatic heterocycles. The minimum Gasteiger partial charge on any atom is -0.338 e. The van der Waals surface area contributed by atoms with Crippen molar-refractivity contribution in [3.8, 4) is 0 Å². The van der Waals surface area contributed by atoms with E-state index in [0.717, 1.165) is 17.2 Å². The van der Waals surface area contributed by atoms with Crippen LogP contribution in [0, 0.1) is 13.8 Å². The van der Waals surface area contributed by atoms with E-state index in [4.69, 9.17) is 0 Å². The van der Waals surface area contributed by atoms with Gasteiger partial charge < -0.3 is 9.13 Å². The van der Waals surface area contributed by atoms with Gasteiger partial charge in [0, 0.05) is 58.4 Å². The maximum absolute atomic E-state index is 4.38. The highest BCUT2D eigenvalue weighted by molar-refractivity contribution is 5.78. The lowest BCUT2D eigenvalue weighted by molar-refractivity contribution is 0.768. The van der Waals surface area contributed by atoms with Crippen molar-refractivity contribution in [1.29, 1.82) is 0 Å². The summed E-state index contributed by atoms with van der Waals surface area (Å²) in [5, 5.41) is 9.14. The second kappa shape index (κ2) is 20.7. The van der Waals surface area contributed by atoms with E-state index >= 15 is 0 Å². The second-order valence-electron chi connectivity index (χ2n) is 7.80. The van der Waals surface area contributed by atoms with Crippen LogP contribution in [0.2, 0.25) is 0 Å². The molecule has 0 spiro atoms. The lowest BCUT2D eigenvalue weighted by Gasteiger charge is -1.93. The third kappa shape index (κ3) is 11.7. The quantitative estimate of drug-likeness (QED) is 0.196. The topological polar surface area (TPSA) is 71.3 Å². The summed E-state index contributed by atoms with van der Waals surface area (Å²) < 4.78 is 7.69. The normalized spacial score (nSPS) is 9.00. The predicted molar refractivity (Wildman–Crippen MR) is 171 cm³/mol. The third-order valence-corrected chi connectivity index (χ3v) is 5.36. The summed E-state index contributed by atoms with van der Waals surface area (Å²) in [6, 6.07) is 18.2. The number of para-hydroxylation sites is 3. The van der Waals surface area contributed by atoms with Crippen molar-refractivity contribution in [3.63, 3.8) is 0 Å². The zero-order valence-electron chi connectivity index (χ0n) is 26.7. The van der Waals surface area contributed by atoms with Crippen LogP contribution in [-0.2, 0) is 28.2 Å². The van der Waals surface area contributed by atoms with Crippen LogP contribution in [0.15, 0.2) is 85.6 Å². The van der Waals surface area contributed by atoms with E-state index in [-0.39, 0.29) is 0 Å². The van der Waals surface area contributed by atoms with Gasteiger partial charge >= 0.3 is 0 Å². The van der Waals surface area contributed by atoms with Gasteiger partial charge in [0.2, 0.25) is 0 Å². The molecule has 0 aliphatic rings. The van der Waals surface area contributed by atoms with Crippen molar-refractivity contribution in [3.05, 3.63) is 97.2 Å². The van der Waals surface area contributed by atoms with E-state index in [1.54, 1.807) is 17.1 Å². The van der Waals surface area contributed by atoms with Gasteiger partial charge in [-0.3, -0.25) is 9.36 Å². The molecule has 0 bridgehead atoms. The number of nitrogens with zero attached hydrogens (tertiary/aromatic N) is 8. The molecule has 40 heavy (non-hydrogen) atoms. The van der Waals surface area contributed by atoms with Crippen molar-refractivity contribution in [2.75, 3.05) is 0 Å². The van der Waals surface area contributed by atoms with Gasteiger partial charge in [0.25, 0.3) is 0 Å². The number of hydrogen-bond donors (Lipinski definition) is 0. The molecule has 0 N–H and O–H groups in total. The lowest BCUT2D eigenvalue weighted by Crippen LogP contribution is -1.89. The minimum atomic E-state index is 1.06. The van der Waals surface area contributed by atoms with Gasteiger partial charge in [-0.05, 0) is 38.1 Å². The van der Waals surface area contributed by atoms with Crippen LogP contribution in [0.5, 0.6) is 0 Å². The van der Waals surface area contributed by atoms with Crippen LogP contribution >= 0.6 is 0 Å². The third-order valence-electron chi connectivity index (χ3n) is 5.36. The summed E-state index contributed by atoms with van der Waals surface area (Å²) in [6.45, 7) is 16.0. The van der Waals surface area contributed by atoms with E-state index < -0.39 is 0 Å². The molecule has 0 aliphatic carbocycles. The molecular formula is C32H50N8. The first kappa shape index (κ1) is 35.8. The molecule has 0 atom stereocenters. The van der Waals surface area contributed by atoms with Crippen molar-refractivity contribution < 1.29 is 0 Å². The summed E-state index contributed by atoms with van der Waals surface area (Å²) in [4.78, 5) is 8.35. The van der Waals surface area contributed by atoms with Crippen LogP contribution < -0.4 is 0 Å². The lowest BCUT2D eigenvalue weighted by atomic mass is 10.3. The number of hydrogen-bond acceptors (Lipinski definition) is 4. The summed E-state index contributed by atoms with van der Waals surface area (Å²) in [6.07, 6.45) is 9.22. The molecule has 0 unspecified atom stereocenters. The number of fused-ring (bicyclic) bond motifs is 2. The van der Waals surface area contributed by atoms with E-state index in [0.29, 0.717) is 0 Å². The SMILES string of the molecule is CC.CC.CC.Cc1nc2ccccc2n1C.Cc1nccn1C.Cn1cccn1.Cn1ncc2ccccc21. The first-order valence-electron chi connectivity index (χ1n) is 14.0. The first-order chi connectivity index (χ1) is 19.4. The Balaban J connectivity index is 0.000000487. The molecule has 0 amide bonds. The zero-order chi connectivity index (χ0) is 30.5. The zero-order valence-corrected chi connectivity index (χ0v) is 26.7. The standard InChI is InChI=1S/C9H10N2.C8H8N2.C5H8N2.C4H6N2.3C2H6/c1-7-10-8-5-3-4-6-9(8)11(7)2;1-10-8-5-3-2-4-7(8)6-9-10;1-5-6-3-4-7(5)2;1-6-4-2-3-5-6;3*1-2/h3-6H,1-2H3;2-6H,1H3;3-4H,1-2H3;2-4H,1H3;3*1-2H3. The van der Waals surface area contributed by atoms with E-state index in [1.807, 2.05) is 148 Å². The molecule has 8 heteroatoms. The summed E-state index contributed by atoms with van der Waals surface area (Å²) >= 11 is 0. The average molecular weight is 547 g/mol. The van der Waals surface area contributed by atoms with Crippen LogP contribution in [0.3, 0.4) is 0 Å². The van der Waals surface area contributed by atoms with Gasteiger partial charge in [0.05, 0.1) is 22.7 Å². The van der Waals surface area contributed by atoms with Crippen molar-refractivity contribution in [2.45, 2.75) is 55.4 Å². The maximum atomic E-state index is 4.38. The molecule has 0 fully saturated rings. The summed E-state index contributed by atoms with van der Waals surface area (Å²) in [5.41, 5.74) is 3.46. The second-order valence-corrected chi connectivity index (χ2v) is 7.80. The molecular weight excluding hydrogens is 496 g/mol. The van der Waals surface area contributed by atoms with Gasteiger partial charge in [0.15, 0.2) is 0 Å². The van der Waals surface area contributed by atoms with Crippen molar-refractivity contribution >= 4 is 21.9 Å². The van der Waals surface area contributed by atoms with Crippen molar-refractivity contribution in [2.24, 2.45) is 28.2 Å². The maximum Gasteiger partial charge on any atom is 0.106 e. The van der Waals surface area contributed by atoms with Crippen LogP contribution in [0.4, 0.5) is 0 Å². The Morgan fingerprint density at radius 1 is 0.600 bits per heavy atom. The fourth-order valence-corrected chi connectivity index (χ4v) is 3.15. The Morgan fingerprint density at radius 3 is 1.62 bits per heavy atom. The van der Waals surface area contributed by atoms with E-state index in [2.05, 4.69) is 42.9 Å². The number of benzene rings is 2. The Kier molecular flexibility index (Phi) is 18.5. The molecule has 6 aromatic rings. The van der Waals surface area contributed by atoms with Crippen LogP contribution in [0.1, 0.15) is 53.2 Å². The Morgan fingerprint density at radius 2 is 1.20 bits per heavy atom. The largest absolute Gasteiger partial charge is 0.338 e. The smallest absolute Gasteiger partial charge is 0.106 e. The summed E-state index contributed by atoms with van der Waals surface area (Å²) in [5.74, 6) is 2.12. The van der Waals surface area contributed by atoms with E-state index in [9.17, 15) is 0 Å². The predicted octanol–water partition coefficient (Wildman–Crippen LogP) is 7.68. The molecule has 0 saturated heterocycles. The highest BCUT2D eigenvalue weighted by Gasteiger charge is 2.00. The summed E-state index contributed by atoms with van der Waals surface area (Å²) in [7, 11) is 7.84. The minimum absolute atomic E-state index is 1.06. The van der Waals surface area contributed by atoms with Crippen LogP contribution in [-0.4, -0.2) is 38.7 Å². The molecule has 2 aromatic carbocycles. The molecule has 4 aromatic heterocycles. The first-order valence-corrected chi connectivity index (χ1v) is 14.0. The number of imidazole rings is 2. The van der Waals surface area contributed by atoms with Gasteiger partial charge in [-0.25, -0.2) is 9.97 Å². The molecule has 0 saturated carbocycles. The number of rotatable bonds is 0. The molecule has 0 radical (unpaired) electrons. The monoisotopic (exact) mass is 546 g/mol. The van der Waals surface area contributed by atoms with E-state index in [1.165, 1.54) is 16.4 Å². The van der Waals surface area contributed by atoms with Gasteiger partial charge in [-0.1, -0.05) is 71.9 Å². The molecule has 8 nitrogen and oxygen atoms in total. The van der Waals surface area contributed by atoms with Gasteiger partial charge in [0.1, 0.15) is 11.6 Å². The highest BCUT2D eigenvalue weighted by atomic mass is 15.2. The number of aryl methyl sites for hydroxylation is 6. The Bertz CT molecular complexity index is 1410. The number of aromatic nitrogens is 8. The van der Waals surface area contributed by atoms with Gasteiger partial charge in [-0.15, -0.1) is 0 Å². The fourth-order valence-electron chi connectivity index (χ4n) is 3.15. The fraction of sp³-hybridized carbons (Fsp3) is 0.375. The highest BCUT2D eigenvalue weighted by Crippen LogP contribution is 2.12. The Hall–Kier alpha value is -4.20.